The monoisotopic (exact) mass is 396 g/mol. The molecule has 1 aromatic rings. The number of anilines is 2. The predicted molar refractivity (Wildman–Crippen MR) is 128 cm³/mol. The van der Waals surface area contributed by atoms with Crippen LogP contribution in [-0.4, -0.2) is 0 Å². The fourth-order valence-electron chi connectivity index (χ4n) is 5.71. The Labute approximate surface area is 179 Å². The van der Waals surface area contributed by atoms with E-state index in [2.05, 4.69) is 31.2 Å². The van der Waals surface area contributed by atoms with Crippen LogP contribution in [0.2, 0.25) is 0 Å². The molecular formula is C27H44N2. The second kappa shape index (κ2) is 11.7. The van der Waals surface area contributed by atoms with Crippen molar-refractivity contribution in [3.05, 3.63) is 35.9 Å². The number of hydrogen-bond donors (Lipinski definition) is 2. The molecule has 162 valence electrons. The van der Waals surface area contributed by atoms with E-state index in [0.29, 0.717) is 0 Å². The lowest BCUT2D eigenvalue weighted by Crippen LogP contribution is -2.15. The highest BCUT2D eigenvalue weighted by molar-refractivity contribution is 5.54. The molecule has 3 rings (SSSR count). The van der Waals surface area contributed by atoms with E-state index in [-0.39, 0.29) is 0 Å². The number of nitrogen functional groups attached to an aromatic ring is 2. The molecule has 2 heteroatoms. The maximum Gasteiger partial charge on any atom is 0.0337 e. The zero-order valence-electron chi connectivity index (χ0n) is 18.8. The van der Waals surface area contributed by atoms with Crippen molar-refractivity contribution in [2.75, 3.05) is 11.5 Å². The zero-order chi connectivity index (χ0) is 20.5. The van der Waals surface area contributed by atoms with Gasteiger partial charge in [-0.1, -0.05) is 44.8 Å². The fourth-order valence-corrected chi connectivity index (χ4v) is 5.71. The smallest absolute Gasteiger partial charge is 0.0337 e. The number of hydrogen-bond acceptors (Lipinski definition) is 2. The van der Waals surface area contributed by atoms with E-state index in [1.54, 1.807) is 0 Å². The van der Waals surface area contributed by atoms with Gasteiger partial charge in [0.15, 0.2) is 0 Å². The first-order chi connectivity index (χ1) is 14.1. The zero-order valence-corrected chi connectivity index (χ0v) is 18.8. The van der Waals surface area contributed by atoms with Gasteiger partial charge in [-0.05, 0) is 112 Å². The van der Waals surface area contributed by atoms with Gasteiger partial charge in [0.1, 0.15) is 0 Å². The Bertz CT molecular complexity index is 599. The topological polar surface area (TPSA) is 52.0 Å². The molecule has 0 aliphatic heterocycles. The summed E-state index contributed by atoms with van der Waals surface area (Å²) >= 11 is 0. The molecular weight excluding hydrogens is 352 g/mol. The Hall–Kier alpha value is -1.44. The molecule has 0 aromatic heterocycles. The minimum atomic E-state index is 0.792. The lowest BCUT2D eigenvalue weighted by atomic mass is 9.77. The molecule has 0 atom stereocenters. The van der Waals surface area contributed by atoms with Crippen molar-refractivity contribution in [2.24, 2.45) is 23.7 Å². The summed E-state index contributed by atoms with van der Waals surface area (Å²) in [5, 5.41) is 0. The third kappa shape index (κ3) is 7.72. The molecule has 0 amide bonds. The molecule has 2 aliphatic rings. The van der Waals surface area contributed by atoms with Gasteiger partial charge in [-0.2, -0.15) is 0 Å². The Morgan fingerprint density at radius 2 is 1.24 bits per heavy atom. The highest BCUT2D eigenvalue weighted by atomic mass is 14.6. The minimum Gasteiger partial charge on any atom is -0.399 e. The van der Waals surface area contributed by atoms with Crippen molar-refractivity contribution in [1.29, 1.82) is 0 Å². The van der Waals surface area contributed by atoms with Crippen LogP contribution in [0.25, 0.3) is 0 Å². The predicted octanol–water partition coefficient (Wildman–Crippen LogP) is 7.53. The van der Waals surface area contributed by atoms with Gasteiger partial charge >= 0.3 is 0 Å². The van der Waals surface area contributed by atoms with Gasteiger partial charge in [0.25, 0.3) is 0 Å². The number of rotatable bonds is 9. The maximum absolute atomic E-state index is 5.90. The largest absolute Gasteiger partial charge is 0.399 e. The molecule has 0 spiro atoms. The molecule has 0 heterocycles. The molecule has 2 aliphatic carbocycles. The number of benzene rings is 1. The average molecular weight is 397 g/mol. The minimum absolute atomic E-state index is 0.792. The summed E-state index contributed by atoms with van der Waals surface area (Å²) in [5.41, 5.74) is 14.7. The van der Waals surface area contributed by atoms with Gasteiger partial charge < -0.3 is 11.5 Å². The standard InChI is InChI=1S/C27H44N2/c1-2-5-21-8-12-23(13-9-21)16-17-24-14-10-22(11-15-24)6-3-4-7-25-18-26(28)20-27(29)19-25/h16-24H,2-15,28-29H2,1H3/b17-16+. The maximum atomic E-state index is 5.90. The highest BCUT2D eigenvalue weighted by Gasteiger charge is 2.21. The molecule has 0 bridgehead atoms. The molecule has 0 radical (unpaired) electrons. The number of nitrogens with two attached hydrogens (primary N) is 2. The van der Waals surface area contributed by atoms with Crippen LogP contribution < -0.4 is 11.5 Å². The van der Waals surface area contributed by atoms with E-state index in [4.69, 9.17) is 11.5 Å². The highest BCUT2D eigenvalue weighted by Crippen LogP contribution is 2.35. The van der Waals surface area contributed by atoms with Gasteiger partial charge in [0.2, 0.25) is 0 Å². The first-order valence-electron chi connectivity index (χ1n) is 12.5. The average Bonchev–Trinajstić information content (AvgIpc) is 2.71. The van der Waals surface area contributed by atoms with Gasteiger partial charge in [0.05, 0.1) is 0 Å². The van der Waals surface area contributed by atoms with Gasteiger partial charge in [0, 0.05) is 11.4 Å². The van der Waals surface area contributed by atoms with Crippen LogP contribution >= 0.6 is 0 Å². The summed E-state index contributed by atoms with van der Waals surface area (Å²) in [7, 11) is 0. The molecule has 2 saturated carbocycles. The van der Waals surface area contributed by atoms with Gasteiger partial charge in [-0.25, -0.2) is 0 Å². The normalized spacial score (nSPS) is 28.0. The molecule has 1 aromatic carbocycles. The molecule has 2 nitrogen and oxygen atoms in total. The van der Waals surface area contributed by atoms with Crippen LogP contribution in [0.3, 0.4) is 0 Å². The van der Waals surface area contributed by atoms with Crippen molar-refractivity contribution in [3.63, 3.8) is 0 Å². The lowest BCUT2D eigenvalue weighted by molar-refractivity contribution is 0.282. The molecule has 0 unspecified atom stereocenters. The van der Waals surface area contributed by atoms with Crippen LogP contribution in [0.1, 0.15) is 96.0 Å². The van der Waals surface area contributed by atoms with Crippen LogP contribution in [0.5, 0.6) is 0 Å². The molecule has 2 fully saturated rings. The molecule has 0 saturated heterocycles. The summed E-state index contributed by atoms with van der Waals surface area (Å²) in [6.07, 6.45) is 24.6. The van der Waals surface area contributed by atoms with Crippen LogP contribution in [0.15, 0.2) is 30.4 Å². The Morgan fingerprint density at radius 1 is 0.724 bits per heavy atom. The quantitative estimate of drug-likeness (QED) is 0.257. The van der Waals surface area contributed by atoms with Crippen LogP contribution in [-0.2, 0) is 6.42 Å². The summed E-state index contributed by atoms with van der Waals surface area (Å²) in [4.78, 5) is 0. The molecule has 29 heavy (non-hydrogen) atoms. The second-order valence-corrected chi connectivity index (χ2v) is 9.99. The summed E-state index contributed by atoms with van der Waals surface area (Å²) in [6.45, 7) is 2.33. The first kappa shape index (κ1) is 22.2. The van der Waals surface area contributed by atoms with E-state index in [0.717, 1.165) is 41.5 Å². The van der Waals surface area contributed by atoms with Crippen molar-refractivity contribution >= 4 is 11.4 Å². The van der Waals surface area contributed by atoms with Crippen LogP contribution in [0.4, 0.5) is 11.4 Å². The van der Waals surface area contributed by atoms with E-state index in [1.165, 1.54) is 89.0 Å². The Morgan fingerprint density at radius 3 is 1.76 bits per heavy atom. The third-order valence-corrected chi connectivity index (χ3v) is 7.50. The second-order valence-electron chi connectivity index (χ2n) is 9.99. The summed E-state index contributed by atoms with van der Waals surface area (Å²) in [6, 6.07) is 5.99. The number of allylic oxidation sites excluding steroid dienone is 2. The van der Waals surface area contributed by atoms with E-state index < -0.39 is 0 Å². The van der Waals surface area contributed by atoms with Gasteiger partial charge in [-0.3, -0.25) is 0 Å². The third-order valence-electron chi connectivity index (χ3n) is 7.50. The van der Waals surface area contributed by atoms with E-state index in [9.17, 15) is 0 Å². The Balaban J connectivity index is 1.27. The van der Waals surface area contributed by atoms with Crippen LogP contribution in [0, 0.1) is 23.7 Å². The summed E-state index contributed by atoms with van der Waals surface area (Å²) < 4.78 is 0. The number of aryl methyl sites for hydroxylation is 1. The van der Waals surface area contributed by atoms with Crippen molar-refractivity contribution in [3.8, 4) is 0 Å². The SMILES string of the molecule is CCCC1CCC(/C=C/C2CCC(CCCCc3cc(N)cc(N)c3)CC2)CC1. The lowest BCUT2D eigenvalue weighted by Gasteiger charge is -2.29. The summed E-state index contributed by atoms with van der Waals surface area (Å²) in [5.74, 6) is 3.71. The Kier molecular flexibility index (Phi) is 8.95. The van der Waals surface area contributed by atoms with Crippen molar-refractivity contribution in [2.45, 2.75) is 96.8 Å². The first-order valence-corrected chi connectivity index (χ1v) is 12.5. The van der Waals surface area contributed by atoms with E-state index >= 15 is 0 Å². The van der Waals surface area contributed by atoms with Gasteiger partial charge in [-0.15, -0.1) is 0 Å². The number of unbranched alkanes of at least 4 members (excludes halogenated alkanes) is 1. The fraction of sp³-hybridized carbons (Fsp3) is 0.704. The van der Waals surface area contributed by atoms with E-state index in [1.807, 2.05) is 6.07 Å². The van der Waals surface area contributed by atoms with Crippen molar-refractivity contribution in [1.82, 2.24) is 0 Å². The molecule has 4 N–H and O–H groups in total. The van der Waals surface area contributed by atoms with Crippen molar-refractivity contribution < 1.29 is 0 Å².